The quantitative estimate of drug-likeness (QED) is 0.541. The first-order valence-corrected chi connectivity index (χ1v) is 8.80. The van der Waals surface area contributed by atoms with E-state index in [1.807, 2.05) is 0 Å². The van der Waals surface area contributed by atoms with Crippen molar-refractivity contribution >= 4 is 28.4 Å². The van der Waals surface area contributed by atoms with E-state index in [0.29, 0.717) is 28.0 Å². The molecule has 0 atom stereocenters. The number of hydrogen-bond acceptors (Lipinski definition) is 5. The summed E-state index contributed by atoms with van der Waals surface area (Å²) < 4.78 is 19.7. The van der Waals surface area contributed by atoms with Gasteiger partial charge in [0, 0.05) is 23.2 Å². The monoisotopic (exact) mass is 389 g/mol. The molecule has 4 rings (SSSR count). The molecular formula is C22H16FN3O3. The van der Waals surface area contributed by atoms with Gasteiger partial charge in [0.05, 0.1) is 5.69 Å². The number of hydrogen-bond donors (Lipinski definition) is 2. The molecule has 0 saturated carbocycles. The molecular weight excluding hydrogens is 373 g/mol. The van der Waals surface area contributed by atoms with Gasteiger partial charge in [-0.05, 0) is 49.4 Å². The van der Waals surface area contributed by atoms with Gasteiger partial charge in [0.25, 0.3) is 5.91 Å². The maximum Gasteiger partial charge on any atom is 0.262 e. The van der Waals surface area contributed by atoms with Crippen LogP contribution >= 0.6 is 0 Å². The van der Waals surface area contributed by atoms with Crippen LogP contribution in [0.15, 0.2) is 76.3 Å². The van der Waals surface area contributed by atoms with Crippen molar-refractivity contribution in [3.8, 4) is 5.75 Å². The first-order valence-electron chi connectivity index (χ1n) is 8.80. The topological polar surface area (TPSA) is 87.7 Å². The minimum Gasteiger partial charge on any atom is -0.508 e. The average Bonchev–Trinajstić information content (AvgIpc) is 2.71. The second-order valence-corrected chi connectivity index (χ2v) is 6.35. The van der Waals surface area contributed by atoms with Gasteiger partial charge in [0.1, 0.15) is 28.5 Å². The Labute approximate surface area is 165 Å². The van der Waals surface area contributed by atoms with E-state index in [2.05, 4.69) is 15.3 Å². The van der Waals surface area contributed by atoms with Crippen molar-refractivity contribution in [3.63, 3.8) is 0 Å². The lowest BCUT2D eigenvalue weighted by Crippen LogP contribution is -2.22. The molecule has 144 valence electrons. The highest BCUT2D eigenvalue weighted by atomic mass is 19.1. The molecule has 0 bridgehead atoms. The zero-order chi connectivity index (χ0) is 20.4. The van der Waals surface area contributed by atoms with Gasteiger partial charge in [0.2, 0.25) is 5.55 Å². The molecule has 29 heavy (non-hydrogen) atoms. The lowest BCUT2D eigenvalue weighted by molar-refractivity contribution is 0.102. The van der Waals surface area contributed by atoms with Gasteiger partial charge in [-0.2, -0.15) is 0 Å². The Kier molecular flexibility index (Phi) is 4.78. The van der Waals surface area contributed by atoms with Crippen molar-refractivity contribution in [3.05, 3.63) is 89.4 Å². The Morgan fingerprint density at radius 2 is 2.00 bits per heavy atom. The Morgan fingerprint density at radius 3 is 2.79 bits per heavy atom. The van der Waals surface area contributed by atoms with E-state index in [1.54, 1.807) is 49.5 Å². The van der Waals surface area contributed by atoms with Crippen LogP contribution in [0.2, 0.25) is 0 Å². The van der Waals surface area contributed by atoms with Crippen LogP contribution in [0.25, 0.3) is 11.0 Å². The number of carbonyl (C=O) groups is 1. The van der Waals surface area contributed by atoms with Crippen LogP contribution in [0, 0.1) is 12.7 Å². The normalized spacial score (nSPS) is 11.6. The third-order valence-electron chi connectivity index (χ3n) is 4.35. The summed E-state index contributed by atoms with van der Waals surface area (Å²) in [5.41, 5.74) is 1.14. The Balaban J connectivity index is 1.90. The molecule has 6 nitrogen and oxygen atoms in total. The number of amides is 1. The number of phenols is 1. The minimum atomic E-state index is -0.477. The van der Waals surface area contributed by atoms with E-state index in [9.17, 15) is 14.3 Å². The number of anilines is 1. The van der Waals surface area contributed by atoms with Gasteiger partial charge in [0.15, 0.2) is 0 Å². The SMILES string of the molecule is Cc1c(F)cccc1N=c1oc2cc(O)ccc2cc1C(=O)Nc1ccccn1. The van der Waals surface area contributed by atoms with Crippen molar-refractivity contribution < 1.29 is 18.7 Å². The summed E-state index contributed by atoms with van der Waals surface area (Å²) in [5.74, 6) is -0.504. The van der Waals surface area contributed by atoms with Crippen LogP contribution in [0.1, 0.15) is 15.9 Å². The van der Waals surface area contributed by atoms with Crippen LogP contribution < -0.4 is 10.9 Å². The standard InChI is InChI=1S/C22H16FN3O3/c1-13-17(23)5-4-6-18(13)25-22-16(21(28)26-20-7-2-3-10-24-20)11-14-8-9-15(27)12-19(14)29-22/h2-12,27H,1H3,(H,24,26,28). The lowest BCUT2D eigenvalue weighted by Gasteiger charge is -2.07. The summed E-state index contributed by atoms with van der Waals surface area (Å²) in [4.78, 5) is 21.3. The Morgan fingerprint density at radius 1 is 1.14 bits per heavy atom. The summed E-state index contributed by atoms with van der Waals surface area (Å²) in [6.45, 7) is 1.59. The van der Waals surface area contributed by atoms with Crippen LogP contribution in [0.3, 0.4) is 0 Å². The largest absolute Gasteiger partial charge is 0.508 e. The number of aromatic nitrogens is 1. The summed E-state index contributed by atoms with van der Waals surface area (Å²) in [6.07, 6.45) is 1.56. The molecule has 2 aromatic heterocycles. The Hall–Kier alpha value is -4.00. The van der Waals surface area contributed by atoms with Crippen molar-refractivity contribution in [2.24, 2.45) is 4.99 Å². The molecule has 0 aliphatic heterocycles. The second-order valence-electron chi connectivity index (χ2n) is 6.35. The van der Waals surface area contributed by atoms with Crippen molar-refractivity contribution in [1.82, 2.24) is 4.98 Å². The van der Waals surface area contributed by atoms with Crippen molar-refractivity contribution in [1.29, 1.82) is 0 Å². The van der Waals surface area contributed by atoms with Gasteiger partial charge in [-0.1, -0.05) is 12.1 Å². The number of halogens is 1. The van der Waals surface area contributed by atoms with E-state index >= 15 is 0 Å². The molecule has 0 aliphatic rings. The Bertz CT molecular complexity index is 1280. The fourth-order valence-electron chi connectivity index (χ4n) is 2.80. The predicted octanol–water partition coefficient (Wildman–Crippen LogP) is 4.47. The van der Waals surface area contributed by atoms with E-state index in [-0.39, 0.29) is 16.9 Å². The van der Waals surface area contributed by atoms with E-state index in [4.69, 9.17) is 4.42 Å². The lowest BCUT2D eigenvalue weighted by atomic mass is 10.1. The number of phenolic OH excluding ortho intramolecular Hbond substituents is 1. The molecule has 0 spiro atoms. The zero-order valence-electron chi connectivity index (χ0n) is 15.4. The molecule has 0 unspecified atom stereocenters. The zero-order valence-corrected chi connectivity index (χ0v) is 15.4. The van der Waals surface area contributed by atoms with Crippen LogP contribution in [0.4, 0.5) is 15.9 Å². The number of fused-ring (bicyclic) bond motifs is 1. The van der Waals surface area contributed by atoms with Crippen LogP contribution in [0.5, 0.6) is 5.75 Å². The third kappa shape index (κ3) is 3.84. The van der Waals surface area contributed by atoms with Crippen molar-refractivity contribution in [2.75, 3.05) is 5.32 Å². The molecule has 1 amide bonds. The fraction of sp³-hybridized carbons (Fsp3) is 0.0455. The molecule has 0 radical (unpaired) electrons. The molecule has 7 heteroatoms. The number of aromatic hydroxyl groups is 1. The summed E-state index contributed by atoms with van der Waals surface area (Å²) in [6, 6.07) is 15.8. The summed E-state index contributed by atoms with van der Waals surface area (Å²) in [7, 11) is 0. The maximum atomic E-state index is 13.9. The van der Waals surface area contributed by atoms with Gasteiger partial charge >= 0.3 is 0 Å². The van der Waals surface area contributed by atoms with Gasteiger partial charge < -0.3 is 14.8 Å². The average molecular weight is 389 g/mol. The molecule has 2 heterocycles. The highest BCUT2D eigenvalue weighted by Crippen LogP contribution is 2.22. The third-order valence-corrected chi connectivity index (χ3v) is 4.35. The number of benzene rings is 2. The number of nitrogens with zero attached hydrogens (tertiary/aromatic N) is 2. The number of carbonyl (C=O) groups excluding carboxylic acids is 1. The highest BCUT2D eigenvalue weighted by molar-refractivity contribution is 6.05. The highest BCUT2D eigenvalue weighted by Gasteiger charge is 2.14. The summed E-state index contributed by atoms with van der Waals surface area (Å²) in [5, 5.41) is 13.0. The fourth-order valence-corrected chi connectivity index (χ4v) is 2.80. The number of rotatable bonds is 3. The van der Waals surface area contributed by atoms with Crippen LogP contribution in [-0.2, 0) is 0 Å². The van der Waals surface area contributed by atoms with Gasteiger partial charge in [-0.3, -0.25) is 4.79 Å². The molecule has 2 aromatic carbocycles. The summed E-state index contributed by atoms with van der Waals surface area (Å²) >= 11 is 0. The van der Waals surface area contributed by atoms with Crippen LogP contribution in [-0.4, -0.2) is 16.0 Å². The number of nitrogens with one attached hydrogen (secondary N) is 1. The van der Waals surface area contributed by atoms with E-state index in [1.165, 1.54) is 24.3 Å². The molecule has 2 N–H and O–H groups in total. The van der Waals surface area contributed by atoms with Crippen molar-refractivity contribution in [2.45, 2.75) is 6.92 Å². The first-order chi connectivity index (χ1) is 14.0. The molecule has 4 aromatic rings. The van der Waals surface area contributed by atoms with E-state index in [0.717, 1.165) is 0 Å². The first kappa shape index (κ1) is 18.4. The van der Waals surface area contributed by atoms with E-state index < -0.39 is 11.7 Å². The number of pyridine rings is 1. The molecule has 0 aliphatic carbocycles. The molecule has 0 saturated heterocycles. The van der Waals surface area contributed by atoms with Gasteiger partial charge in [-0.25, -0.2) is 14.4 Å². The smallest absolute Gasteiger partial charge is 0.262 e. The van der Waals surface area contributed by atoms with Gasteiger partial charge in [-0.15, -0.1) is 0 Å². The molecule has 0 fully saturated rings. The minimum absolute atomic E-state index is 0.00905. The predicted molar refractivity (Wildman–Crippen MR) is 106 cm³/mol. The maximum absolute atomic E-state index is 13.9. The second kappa shape index (κ2) is 7.55.